The number of nitrogens with zero attached hydrogens (tertiary/aromatic N) is 1. The standard InChI is InChI=1S/C13H24N2O3/c1-11(2,3)15(10(17)18)13-6-4-12(14,5-7-13)8-9(13)16/h9,16H,4-8,14H2,1-3H3,(H,17,18). The van der Waals surface area contributed by atoms with Gasteiger partial charge in [0.15, 0.2) is 0 Å². The van der Waals surface area contributed by atoms with E-state index in [1.54, 1.807) is 0 Å². The highest BCUT2D eigenvalue weighted by atomic mass is 16.4. The number of aliphatic hydroxyl groups is 1. The van der Waals surface area contributed by atoms with Crippen molar-refractivity contribution in [2.45, 2.75) is 75.6 Å². The van der Waals surface area contributed by atoms with Crippen LogP contribution in [0.25, 0.3) is 0 Å². The van der Waals surface area contributed by atoms with E-state index in [4.69, 9.17) is 5.73 Å². The first-order valence-electron chi connectivity index (χ1n) is 6.61. The van der Waals surface area contributed by atoms with Crippen LogP contribution in [0.1, 0.15) is 52.9 Å². The summed E-state index contributed by atoms with van der Waals surface area (Å²) in [7, 11) is 0. The fourth-order valence-electron chi connectivity index (χ4n) is 3.81. The van der Waals surface area contributed by atoms with E-state index in [2.05, 4.69) is 0 Å². The molecule has 3 aliphatic rings. The maximum Gasteiger partial charge on any atom is 0.408 e. The Morgan fingerprint density at radius 1 is 1.28 bits per heavy atom. The molecule has 0 aromatic heterocycles. The summed E-state index contributed by atoms with van der Waals surface area (Å²) in [6, 6.07) is 0. The predicted molar refractivity (Wildman–Crippen MR) is 68.4 cm³/mol. The number of hydrogen-bond donors (Lipinski definition) is 3. The van der Waals surface area contributed by atoms with Crippen molar-refractivity contribution in [3.63, 3.8) is 0 Å². The zero-order valence-corrected chi connectivity index (χ0v) is 11.4. The maximum atomic E-state index is 11.6. The first kappa shape index (κ1) is 13.6. The lowest BCUT2D eigenvalue weighted by Gasteiger charge is -2.60. The molecular weight excluding hydrogens is 232 g/mol. The third kappa shape index (κ3) is 1.89. The summed E-state index contributed by atoms with van der Waals surface area (Å²) in [5.41, 5.74) is 4.75. The highest BCUT2D eigenvalue weighted by molar-refractivity contribution is 5.67. The second-order valence-electron chi connectivity index (χ2n) is 6.97. The average molecular weight is 256 g/mol. The molecule has 1 atom stereocenters. The Morgan fingerprint density at radius 3 is 2.11 bits per heavy atom. The topological polar surface area (TPSA) is 86.8 Å². The van der Waals surface area contributed by atoms with Gasteiger partial charge in [-0.05, 0) is 52.9 Å². The molecule has 3 saturated carbocycles. The first-order valence-corrected chi connectivity index (χ1v) is 6.61. The van der Waals surface area contributed by atoms with Gasteiger partial charge in [0.1, 0.15) is 0 Å². The number of fused-ring (bicyclic) bond motifs is 3. The largest absolute Gasteiger partial charge is 0.465 e. The van der Waals surface area contributed by atoms with E-state index in [1.807, 2.05) is 20.8 Å². The van der Waals surface area contributed by atoms with Crippen LogP contribution in [0.5, 0.6) is 0 Å². The maximum absolute atomic E-state index is 11.6. The fraction of sp³-hybridized carbons (Fsp3) is 0.923. The molecule has 0 spiro atoms. The number of nitrogens with two attached hydrogens (primary N) is 1. The lowest BCUT2D eigenvalue weighted by molar-refractivity contribution is -0.128. The van der Waals surface area contributed by atoms with Crippen LogP contribution in [0.15, 0.2) is 0 Å². The summed E-state index contributed by atoms with van der Waals surface area (Å²) >= 11 is 0. The zero-order valence-electron chi connectivity index (χ0n) is 11.4. The molecule has 5 nitrogen and oxygen atoms in total. The second-order valence-corrected chi connectivity index (χ2v) is 6.97. The van der Waals surface area contributed by atoms with Crippen molar-refractivity contribution in [2.24, 2.45) is 5.73 Å². The fourth-order valence-corrected chi connectivity index (χ4v) is 3.81. The molecule has 2 bridgehead atoms. The van der Waals surface area contributed by atoms with Gasteiger partial charge in [-0.25, -0.2) is 4.79 Å². The van der Waals surface area contributed by atoms with Crippen molar-refractivity contribution in [1.29, 1.82) is 0 Å². The van der Waals surface area contributed by atoms with Gasteiger partial charge in [0.05, 0.1) is 11.6 Å². The van der Waals surface area contributed by atoms with Gasteiger partial charge in [0.2, 0.25) is 0 Å². The molecule has 0 aromatic rings. The number of carbonyl (C=O) groups is 1. The van der Waals surface area contributed by atoms with Gasteiger partial charge in [-0.3, -0.25) is 4.90 Å². The molecule has 4 N–H and O–H groups in total. The summed E-state index contributed by atoms with van der Waals surface area (Å²) in [5, 5.41) is 20.0. The van der Waals surface area contributed by atoms with Crippen LogP contribution in [0, 0.1) is 0 Å². The third-order valence-corrected chi connectivity index (χ3v) is 4.64. The molecule has 3 aliphatic carbocycles. The zero-order chi connectivity index (χ0) is 13.8. The Labute approximate surface area is 108 Å². The van der Waals surface area contributed by atoms with E-state index < -0.39 is 23.3 Å². The molecule has 0 heterocycles. The molecule has 5 heteroatoms. The predicted octanol–water partition coefficient (Wildman–Crippen LogP) is 1.54. The Kier molecular flexibility index (Phi) is 2.91. The smallest absolute Gasteiger partial charge is 0.408 e. The van der Waals surface area contributed by atoms with Gasteiger partial charge in [0, 0.05) is 11.1 Å². The summed E-state index contributed by atoms with van der Waals surface area (Å²) in [6.45, 7) is 5.63. The van der Waals surface area contributed by atoms with Crippen LogP contribution in [0.2, 0.25) is 0 Å². The lowest BCUT2D eigenvalue weighted by atomic mass is 9.59. The van der Waals surface area contributed by atoms with Crippen molar-refractivity contribution < 1.29 is 15.0 Å². The van der Waals surface area contributed by atoms with E-state index in [0.717, 1.165) is 12.8 Å². The van der Waals surface area contributed by atoms with Gasteiger partial charge >= 0.3 is 6.09 Å². The van der Waals surface area contributed by atoms with Crippen LogP contribution in [0.3, 0.4) is 0 Å². The number of rotatable bonds is 1. The molecule has 3 rings (SSSR count). The van der Waals surface area contributed by atoms with E-state index in [-0.39, 0.29) is 5.54 Å². The first-order chi connectivity index (χ1) is 8.11. The number of aliphatic hydroxyl groups excluding tert-OH is 1. The molecule has 0 saturated heterocycles. The SMILES string of the molecule is CC(C)(C)N(C(=O)O)C12CCC(N)(CC1)CC2O. The minimum Gasteiger partial charge on any atom is -0.465 e. The van der Waals surface area contributed by atoms with Crippen LogP contribution in [-0.2, 0) is 0 Å². The molecule has 1 amide bonds. The monoisotopic (exact) mass is 256 g/mol. The highest BCUT2D eigenvalue weighted by Crippen LogP contribution is 2.50. The van der Waals surface area contributed by atoms with Crippen LogP contribution >= 0.6 is 0 Å². The Hall–Kier alpha value is -0.810. The molecular formula is C13H24N2O3. The minimum absolute atomic E-state index is 0.288. The van der Waals surface area contributed by atoms with E-state index in [9.17, 15) is 15.0 Å². The Balaban J connectivity index is 2.38. The van der Waals surface area contributed by atoms with Crippen molar-refractivity contribution in [1.82, 2.24) is 4.90 Å². The number of carboxylic acid groups (broad SMARTS) is 1. The molecule has 0 radical (unpaired) electrons. The van der Waals surface area contributed by atoms with Crippen LogP contribution in [0.4, 0.5) is 4.79 Å². The molecule has 0 aromatic carbocycles. The summed E-state index contributed by atoms with van der Waals surface area (Å²) in [4.78, 5) is 13.1. The van der Waals surface area contributed by atoms with E-state index in [1.165, 1.54) is 4.90 Å². The molecule has 104 valence electrons. The Bertz CT molecular complexity index is 354. The number of amides is 1. The molecule has 0 aliphatic heterocycles. The van der Waals surface area contributed by atoms with Gasteiger partial charge < -0.3 is 15.9 Å². The lowest BCUT2D eigenvalue weighted by Crippen LogP contribution is -2.72. The number of hydrogen-bond acceptors (Lipinski definition) is 3. The normalized spacial score (nSPS) is 39.7. The highest BCUT2D eigenvalue weighted by Gasteiger charge is 2.58. The molecule has 3 fully saturated rings. The van der Waals surface area contributed by atoms with Gasteiger partial charge in [-0.15, -0.1) is 0 Å². The van der Waals surface area contributed by atoms with E-state index in [0.29, 0.717) is 19.3 Å². The van der Waals surface area contributed by atoms with Crippen molar-refractivity contribution in [3.8, 4) is 0 Å². The second kappa shape index (κ2) is 3.84. The van der Waals surface area contributed by atoms with Crippen molar-refractivity contribution in [2.75, 3.05) is 0 Å². The molecule has 18 heavy (non-hydrogen) atoms. The van der Waals surface area contributed by atoms with E-state index >= 15 is 0 Å². The van der Waals surface area contributed by atoms with Gasteiger partial charge in [-0.1, -0.05) is 0 Å². The van der Waals surface area contributed by atoms with Gasteiger partial charge in [0.25, 0.3) is 0 Å². The van der Waals surface area contributed by atoms with Crippen LogP contribution in [-0.4, -0.2) is 43.9 Å². The summed E-state index contributed by atoms with van der Waals surface area (Å²) in [6.07, 6.45) is 1.82. The Morgan fingerprint density at radius 2 is 1.78 bits per heavy atom. The van der Waals surface area contributed by atoms with Gasteiger partial charge in [-0.2, -0.15) is 0 Å². The third-order valence-electron chi connectivity index (χ3n) is 4.64. The average Bonchev–Trinajstić information content (AvgIpc) is 2.17. The molecule has 1 unspecified atom stereocenters. The summed E-state index contributed by atoms with van der Waals surface area (Å²) < 4.78 is 0. The van der Waals surface area contributed by atoms with Crippen molar-refractivity contribution >= 4 is 6.09 Å². The quantitative estimate of drug-likeness (QED) is 0.664. The van der Waals surface area contributed by atoms with Crippen LogP contribution < -0.4 is 5.73 Å². The van der Waals surface area contributed by atoms with Crippen molar-refractivity contribution in [3.05, 3.63) is 0 Å². The summed E-state index contributed by atoms with van der Waals surface area (Å²) in [5.74, 6) is 0. The minimum atomic E-state index is -0.951.